The lowest BCUT2D eigenvalue weighted by atomic mass is 9.95. The van der Waals surface area contributed by atoms with Crippen LogP contribution in [-0.2, 0) is 14.0 Å². The van der Waals surface area contributed by atoms with Gasteiger partial charge in [-0.3, -0.25) is 0 Å². The minimum atomic E-state index is -0.512. The van der Waals surface area contributed by atoms with Crippen molar-refractivity contribution >= 4 is 7.32 Å². The Morgan fingerprint density at radius 2 is 2.29 bits per heavy atom. The summed E-state index contributed by atoms with van der Waals surface area (Å²) in [5.74, 6) is 0. The van der Waals surface area contributed by atoms with Crippen LogP contribution in [0.1, 0.15) is 27.2 Å². The van der Waals surface area contributed by atoms with Crippen LogP contribution in [0.15, 0.2) is 0 Å². The molecule has 1 aliphatic rings. The second-order valence-corrected chi connectivity index (χ2v) is 4.29. The van der Waals surface area contributed by atoms with Crippen molar-refractivity contribution in [3.63, 3.8) is 0 Å². The molecule has 1 heterocycles. The van der Waals surface area contributed by atoms with Gasteiger partial charge in [-0.2, -0.15) is 0 Å². The highest BCUT2D eigenvalue weighted by atomic mass is 16.7. The molecule has 0 radical (unpaired) electrons. The second-order valence-electron chi connectivity index (χ2n) is 4.29. The summed E-state index contributed by atoms with van der Waals surface area (Å²) >= 11 is 0. The van der Waals surface area contributed by atoms with Gasteiger partial charge in [0.1, 0.15) is 0 Å². The van der Waals surface area contributed by atoms with Crippen LogP contribution in [0.5, 0.6) is 0 Å². The molecule has 0 aromatic heterocycles. The van der Waals surface area contributed by atoms with Crippen LogP contribution in [0.2, 0.25) is 0 Å². The maximum atomic E-state index is 5.62. The predicted molar refractivity (Wildman–Crippen MR) is 56.0 cm³/mol. The van der Waals surface area contributed by atoms with Gasteiger partial charge in [0.2, 0.25) is 0 Å². The number of hydrogen-bond acceptors (Lipinski definition) is 4. The average Bonchev–Trinajstić information content (AvgIpc) is 2.00. The zero-order valence-electron chi connectivity index (χ0n) is 9.50. The molecule has 1 unspecified atom stereocenters. The van der Waals surface area contributed by atoms with Crippen LogP contribution in [0.3, 0.4) is 0 Å². The van der Waals surface area contributed by atoms with Gasteiger partial charge in [0.05, 0.1) is 5.60 Å². The Hall–Kier alpha value is -0.0951. The summed E-state index contributed by atoms with van der Waals surface area (Å²) in [6.45, 7) is 7.56. The van der Waals surface area contributed by atoms with E-state index in [1.165, 1.54) is 0 Å². The summed E-state index contributed by atoms with van der Waals surface area (Å²) in [6.07, 6.45) is 1.09. The van der Waals surface area contributed by atoms with Gasteiger partial charge >= 0.3 is 7.32 Å². The molecule has 0 aromatic carbocycles. The van der Waals surface area contributed by atoms with E-state index in [-0.39, 0.29) is 11.7 Å². The quantitative estimate of drug-likeness (QED) is 0.539. The smallest absolute Gasteiger partial charge is 0.385 e. The number of rotatable bonds is 4. The molecule has 1 saturated heterocycles. The van der Waals surface area contributed by atoms with Crippen molar-refractivity contribution < 1.29 is 14.0 Å². The van der Waals surface area contributed by atoms with E-state index in [2.05, 4.69) is 19.2 Å². The van der Waals surface area contributed by atoms with Crippen molar-refractivity contribution in [2.75, 3.05) is 20.2 Å². The SMILES string of the molecule is CNCCOB1OC(C)CC(C)(C)O1. The topological polar surface area (TPSA) is 39.7 Å². The summed E-state index contributed by atoms with van der Waals surface area (Å²) in [5, 5.41) is 3.00. The maximum Gasteiger partial charge on any atom is 0.640 e. The molecule has 0 saturated carbocycles. The lowest BCUT2D eigenvalue weighted by Crippen LogP contribution is -2.47. The number of nitrogens with one attached hydrogen (secondary N) is 1. The largest absolute Gasteiger partial charge is 0.640 e. The first-order chi connectivity index (χ1) is 6.53. The minimum Gasteiger partial charge on any atom is -0.385 e. The van der Waals surface area contributed by atoms with Crippen molar-refractivity contribution in [1.82, 2.24) is 5.32 Å². The van der Waals surface area contributed by atoms with E-state index < -0.39 is 7.32 Å². The van der Waals surface area contributed by atoms with E-state index in [0.717, 1.165) is 13.0 Å². The van der Waals surface area contributed by atoms with Crippen molar-refractivity contribution in [1.29, 1.82) is 0 Å². The molecule has 5 heteroatoms. The molecule has 1 fully saturated rings. The van der Waals surface area contributed by atoms with Crippen molar-refractivity contribution in [2.45, 2.75) is 38.9 Å². The molecule has 1 atom stereocenters. The van der Waals surface area contributed by atoms with Gasteiger partial charge in [0.25, 0.3) is 0 Å². The van der Waals surface area contributed by atoms with Gasteiger partial charge in [0.15, 0.2) is 0 Å². The monoisotopic (exact) mass is 201 g/mol. The van der Waals surface area contributed by atoms with Crippen molar-refractivity contribution in [3.05, 3.63) is 0 Å². The van der Waals surface area contributed by atoms with E-state index in [0.29, 0.717) is 6.61 Å². The van der Waals surface area contributed by atoms with Crippen molar-refractivity contribution in [2.24, 2.45) is 0 Å². The fraction of sp³-hybridized carbons (Fsp3) is 1.00. The van der Waals surface area contributed by atoms with E-state index >= 15 is 0 Å². The Balaban J connectivity index is 2.30. The summed E-state index contributed by atoms with van der Waals surface area (Å²) in [4.78, 5) is 0. The zero-order valence-corrected chi connectivity index (χ0v) is 9.50. The Bertz CT molecular complexity index is 177. The molecular weight excluding hydrogens is 181 g/mol. The van der Waals surface area contributed by atoms with E-state index in [1.807, 2.05) is 14.0 Å². The highest BCUT2D eigenvalue weighted by molar-refractivity contribution is 6.36. The fourth-order valence-electron chi connectivity index (χ4n) is 1.60. The Morgan fingerprint density at radius 1 is 1.57 bits per heavy atom. The standard InChI is InChI=1S/C9H20BNO3/c1-8-7-9(2,3)14-10(13-8)12-6-5-11-4/h8,11H,5-7H2,1-4H3. The Morgan fingerprint density at radius 3 is 2.86 bits per heavy atom. The van der Waals surface area contributed by atoms with Gasteiger partial charge in [0, 0.05) is 19.3 Å². The normalized spacial score (nSPS) is 26.6. The summed E-state index contributed by atoms with van der Waals surface area (Å²) in [5.41, 5.74) is -0.151. The third-order valence-corrected chi connectivity index (χ3v) is 2.14. The summed E-state index contributed by atoms with van der Waals surface area (Å²) < 4.78 is 16.5. The first-order valence-corrected chi connectivity index (χ1v) is 5.13. The Labute approximate surface area is 86.5 Å². The van der Waals surface area contributed by atoms with Gasteiger partial charge in [-0.15, -0.1) is 0 Å². The van der Waals surface area contributed by atoms with E-state index in [9.17, 15) is 0 Å². The highest BCUT2D eigenvalue weighted by Gasteiger charge is 2.38. The third kappa shape index (κ3) is 3.96. The van der Waals surface area contributed by atoms with E-state index in [4.69, 9.17) is 14.0 Å². The van der Waals surface area contributed by atoms with Gasteiger partial charge in [-0.1, -0.05) is 0 Å². The first kappa shape index (κ1) is 12.0. The summed E-state index contributed by atoms with van der Waals surface area (Å²) in [6, 6.07) is 0. The molecule has 0 aromatic rings. The number of hydrogen-bond donors (Lipinski definition) is 1. The number of likely N-dealkylation sites (N-methyl/N-ethyl adjacent to an activating group) is 1. The molecule has 14 heavy (non-hydrogen) atoms. The van der Waals surface area contributed by atoms with Crippen LogP contribution in [-0.4, -0.2) is 39.2 Å². The molecule has 0 aliphatic carbocycles. The lowest BCUT2D eigenvalue weighted by Gasteiger charge is -2.37. The van der Waals surface area contributed by atoms with Crippen LogP contribution >= 0.6 is 0 Å². The van der Waals surface area contributed by atoms with Crippen LogP contribution < -0.4 is 5.32 Å². The first-order valence-electron chi connectivity index (χ1n) is 5.13. The molecule has 4 nitrogen and oxygen atoms in total. The predicted octanol–water partition coefficient (Wildman–Crippen LogP) is 0.811. The molecule has 0 amide bonds. The molecule has 82 valence electrons. The maximum absolute atomic E-state index is 5.62. The molecular formula is C9H20BNO3. The van der Waals surface area contributed by atoms with Crippen LogP contribution in [0.4, 0.5) is 0 Å². The third-order valence-electron chi connectivity index (χ3n) is 2.14. The molecule has 0 spiro atoms. The fourth-order valence-corrected chi connectivity index (χ4v) is 1.60. The minimum absolute atomic E-state index is 0.151. The molecule has 1 rings (SSSR count). The average molecular weight is 201 g/mol. The zero-order chi connectivity index (χ0) is 10.6. The van der Waals surface area contributed by atoms with Crippen LogP contribution in [0, 0.1) is 0 Å². The summed E-state index contributed by atoms with van der Waals surface area (Å²) in [7, 11) is 1.38. The lowest BCUT2D eigenvalue weighted by molar-refractivity contribution is -0.0684. The van der Waals surface area contributed by atoms with Gasteiger partial charge in [-0.25, -0.2) is 0 Å². The molecule has 1 N–H and O–H groups in total. The highest BCUT2D eigenvalue weighted by Crippen LogP contribution is 2.25. The Kier molecular flexibility index (Phi) is 4.38. The van der Waals surface area contributed by atoms with Crippen LogP contribution in [0.25, 0.3) is 0 Å². The second kappa shape index (κ2) is 5.12. The van der Waals surface area contributed by atoms with E-state index in [1.54, 1.807) is 0 Å². The molecule has 0 bridgehead atoms. The molecule has 1 aliphatic heterocycles. The van der Waals surface area contributed by atoms with Gasteiger partial charge < -0.3 is 19.3 Å². The van der Waals surface area contributed by atoms with Crippen molar-refractivity contribution in [3.8, 4) is 0 Å². The van der Waals surface area contributed by atoms with Gasteiger partial charge in [-0.05, 0) is 34.2 Å².